The van der Waals surface area contributed by atoms with Crippen molar-refractivity contribution in [3.05, 3.63) is 41.7 Å². The molecule has 6 heteroatoms. The Hall–Kier alpha value is -2.34. The zero-order valence-corrected chi connectivity index (χ0v) is 14.4. The van der Waals surface area contributed by atoms with E-state index in [1.165, 1.54) is 0 Å². The van der Waals surface area contributed by atoms with Crippen molar-refractivity contribution in [1.29, 1.82) is 0 Å². The first-order valence-corrected chi connectivity index (χ1v) is 8.84. The topological polar surface area (TPSA) is 84.7 Å². The van der Waals surface area contributed by atoms with E-state index in [4.69, 9.17) is 10.5 Å². The minimum Gasteiger partial charge on any atom is -0.501 e. The normalized spacial score (nSPS) is 21.1. The van der Waals surface area contributed by atoms with Gasteiger partial charge in [-0.05, 0) is 49.9 Å². The van der Waals surface area contributed by atoms with Gasteiger partial charge in [0, 0.05) is 18.8 Å². The lowest BCUT2D eigenvalue weighted by molar-refractivity contribution is -0.123. The van der Waals surface area contributed by atoms with Crippen LogP contribution >= 0.6 is 0 Å². The molecule has 0 aromatic heterocycles. The Morgan fingerprint density at radius 3 is 2.96 bits per heavy atom. The average molecular weight is 343 g/mol. The van der Waals surface area contributed by atoms with Crippen LogP contribution in [0.3, 0.4) is 0 Å². The van der Waals surface area contributed by atoms with Crippen LogP contribution in [0.5, 0.6) is 0 Å². The fraction of sp³-hybridized carbons (Fsp3) is 0.474. The molecule has 1 atom stereocenters. The molecule has 2 aliphatic heterocycles. The number of ether oxygens (including phenoxy) is 1. The second-order valence-electron chi connectivity index (χ2n) is 6.75. The molecule has 0 aliphatic carbocycles. The van der Waals surface area contributed by atoms with Gasteiger partial charge in [-0.15, -0.1) is 0 Å². The molecule has 25 heavy (non-hydrogen) atoms. The van der Waals surface area contributed by atoms with Crippen LogP contribution in [0, 0.1) is 5.92 Å². The van der Waals surface area contributed by atoms with E-state index < -0.39 is 0 Å². The van der Waals surface area contributed by atoms with E-state index in [2.05, 4.69) is 10.2 Å². The van der Waals surface area contributed by atoms with Crippen molar-refractivity contribution >= 4 is 17.5 Å². The maximum atomic E-state index is 12.3. The molecule has 2 aliphatic rings. The molecule has 2 heterocycles. The summed E-state index contributed by atoms with van der Waals surface area (Å²) in [5.41, 5.74) is 8.01. The molecule has 0 bridgehead atoms. The molecule has 134 valence electrons. The third-order valence-electron chi connectivity index (χ3n) is 4.72. The van der Waals surface area contributed by atoms with Gasteiger partial charge in [0.2, 0.25) is 5.91 Å². The van der Waals surface area contributed by atoms with Crippen molar-refractivity contribution in [2.45, 2.75) is 32.2 Å². The van der Waals surface area contributed by atoms with Crippen molar-refractivity contribution in [2.24, 2.45) is 11.7 Å². The van der Waals surface area contributed by atoms with Crippen LogP contribution in [0.1, 0.15) is 31.2 Å². The first kappa shape index (κ1) is 17.5. The summed E-state index contributed by atoms with van der Waals surface area (Å²) in [7, 11) is 0. The molecule has 6 nitrogen and oxygen atoms in total. The van der Waals surface area contributed by atoms with Gasteiger partial charge >= 0.3 is 0 Å². The average Bonchev–Trinajstić information content (AvgIpc) is 2.63. The number of hydrogen-bond donors (Lipinski definition) is 2. The van der Waals surface area contributed by atoms with Crippen molar-refractivity contribution in [2.75, 3.05) is 25.0 Å². The van der Waals surface area contributed by atoms with E-state index in [9.17, 15) is 9.59 Å². The highest BCUT2D eigenvalue weighted by molar-refractivity contribution is 6.03. The molecule has 1 fully saturated rings. The highest BCUT2D eigenvalue weighted by atomic mass is 16.5. The Kier molecular flexibility index (Phi) is 5.71. The van der Waals surface area contributed by atoms with Crippen molar-refractivity contribution in [3.63, 3.8) is 0 Å². The second kappa shape index (κ2) is 8.16. The lowest BCUT2D eigenvalue weighted by Gasteiger charge is -2.31. The molecule has 1 saturated heterocycles. The number of nitrogens with one attached hydrogen (secondary N) is 1. The van der Waals surface area contributed by atoms with E-state index in [-0.39, 0.29) is 17.7 Å². The highest BCUT2D eigenvalue weighted by Gasteiger charge is 2.23. The van der Waals surface area contributed by atoms with Gasteiger partial charge in [0.05, 0.1) is 24.4 Å². The summed E-state index contributed by atoms with van der Waals surface area (Å²) in [6, 6.07) is 7.84. The summed E-state index contributed by atoms with van der Waals surface area (Å²) in [5.74, 6) is -0.382. The van der Waals surface area contributed by atoms with Crippen molar-refractivity contribution in [1.82, 2.24) is 4.90 Å². The van der Waals surface area contributed by atoms with Crippen LogP contribution in [-0.4, -0.2) is 36.4 Å². The van der Waals surface area contributed by atoms with E-state index in [1.54, 1.807) is 6.26 Å². The van der Waals surface area contributed by atoms with Crippen LogP contribution in [0.2, 0.25) is 0 Å². The van der Waals surface area contributed by atoms with Crippen LogP contribution in [0.15, 0.2) is 36.1 Å². The molecule has 3 rings (SSSR count). The van der Waals surface area contributed by atoms with Gasteiger partial charge < -0.3 is 15.8 Å². The second-order valence-corrected chi connectivity index (χ2v) is 6.75. The lowest BCUT2D eigenvalue weighted by Crippen LogP contribution is -2.40. The molecule has 0 spiro atoms. The van der Waals surface area contributed by atoms with Gasteiger partial charge in [-0.3, -0.25) is 14.5 Å². The van der Waals surface area contributed by atoms with Crippen LogP contribution in [0.4, 0.5) is 5.69 Å². The number of amides is 2. The van der Waals surface area contributed by atoms with E-state index in [1.807, 2.05) is 24.3 Å². The number of hydrogen-bond acceptors (Lipinski definition) is 4. The number of piperidine rings is 1. The third-order valence-corrected chi connectivity index (χ3v) is 4.72. The Labute approximate surface area is 148 Å². The maximum absolute atomic E-state index is 12.3. The lowest BCUT2D eigenvalue weighted by atomic mass is 9.97. The predicted octanol–water partition coefficient (Wildman–Crippen LogP) is 2.02. The van der Waals surface area contributed by atoms with Gasteiger partial charge in [0.15, 0.2) is 0 Å². The van der Waals surface area contributed by atoms with E-state index in [0.717, 1.165) is 50.0 Å². The quantitative estimate of drug-likeness (QED) is 0.856. The summed E-state index contributed by atoms with van der Waals surface area (Å²) < 4.78 is 5.23. The largest absolute Gasteiger partial charge is 0.501 e. The Balaban J connectivity index is 1.60. The number of nitrogens with two attached hydrogens (primary N) is 1. The van der Waals surface area contributed by atoms with Crippen LogP contribution in [-0.2, 0) is 20.9 Å². The first-order chi connectivity index (χ1) is 12.1. The minimum atomic E-state index is -0.214. The number of nitrogens with zero attached hydrogens (tertiary/aromatic N) is 1. The standard InChI is InChI=1S/C19H25N3O3/c20-18(23)15-5-2-8-22(12-15)11-14-4-1-7-17(10-14)21-19(24)16-6-3-9-25-13-16/h1,4,7,10,13,15H,2-3,5-6,8-9,11-12H2,(H2,20,23)(H,21,24)/t15-/m0/s1. The maximum Gasteiger partial charge on any atom is 0.254 e. The molecular formula is C19H25N3O3. The van der Waals surface area contributed by atoms with Crippen LogP contribution in [0.25, 0.3) is 0 Å². The molecular weight excluding hydrogens is 318 g/mol. The van der Waals surface area contributed by atoms with Gasteiger partial charge in [-0.2, -0.15) is 0 Å². The number of carbonyl (C=O) groups excluding carboxylic acids is 2. The predicted molar refractivity (Wildman–Crippen MR) is 95.5 cm³/mol. The number of benzene rings is 1. The summed E-state index contributed by atoms with van der Waals surface area (Å²) in [6.07, 6.45) is 5.03. The Morgan fingerprint density at radius 2 is 2.20 bits per heavy atom. The van der Waals surface area contributed by atoms with E-state index in [0.29, 0.717) is 18.7 Å². The van der Waals surface area contributed by atoms with Gasteiger partial charge in [-0.1, -0.05) is 12.1 Å². The monoisotopic (exact) mass is 343 g/mol. The van der Waals surface area contributed by atoms with Gasteiger partial charge in [-0.25, -0.2) is 0 Å². The number of anilines is 1. The summed E-state index contributed by atoms with van der Waals surface area (Å²) in [4.78, 5) is 25.9. The van der Waals surface area contributed by atoms with Crippen molar-refractivity contribution in [3.8, 4) is 0 Å². The number of likely N-dealkylation sites (tertiary alicyclic amines) is 1. The van der Waals surface area contributed by atoms with Gasteiger partial charge in [0.1, 0.15) is 0 Å². The fourth-order valence-corrected chi connectivity index (χ4v) is 3.38. The Bertz CT molecular complexity index is 672. The smallest absolute Gasteiger partial charge is 0.254 e. The summed E-state index contributed by atoms with van der Waals surface area (Å²) >= 11 is 0. The summed E-state index contributed by atoms with van der Waals surface area (Å²) in [6.45, 7) is 3.09. The number of carbonyl (C=O) groups is 2. The summed E-state index contributed by atoms with van der Waals surface area (Å²) in [5, 5.41) is 2.94. The number of primary amides is 1. The zero-order chi connectivity index (χ0) is 17.6. The molecule has 0 saturated carbocycles. The van der Waals surface area contributed by atoms with E-state index >= 15 is 0 Å². The molecule has 0 unspecified atom stereocenters. The fourth-order valence-electron chi connectivity index (χ4n) is 3.38. The first-order valence-electron chi connectivity index (χ1n) is 8.84. The Morgan fingerprint density at radius 1 is 1.32 bits per heavy atom. The third kappa shape index (κ3) is 4.82. The molecule has 3 N–H and O–H groups in total. The van der Waals surface area contributed by atoms with Crippen LogP contribution < -0.4 is 11.1 Å². The minimum absolute atomic E-state index is 0.0603. The highest BCUT2D eigenvalue weighted by Crippen LogP contribution is 2.20. The molecule has 1 aromatic rings. The van der Waals surface area contributed by atoms with Gasteiger partial charge in [0.25, 0.3) is 5.91 Å². The zero-order valence-electron chi connectivity index (χ0n) is 14.4. The SMILES string of the molecule is NC(=O)[C@H]1CCCN(Cc2cccc(NC(=O)C3=COCCC3)c2)C1. The number of rotatable bonds is 5. The molecule has 0 radical (unpaired) electrons. The molecule has 1 aromatic carbocycles. The molecule has 2 amide bonds. The van der Waals surface area contributed by atoms with Crippen molar-refractivity contribution < 1.29 is 14.3 Å².